The lowest BCUT2D eigenvalue weighted by molar-refractivity contribution is 0.494. The van der Waals surface area contributed by atoms with Gasteiger partial charge in [0.15, 0.2) is 0 Å². The fourth-order valence-electron chi connectivity index (χ4n) is 1.88. The van der Waals surface area contributed by atoms with Crippen LogP contribution in [0.3, 0.4) is 0 Å². The maximum absolute atomic E-state index is 12.9. The Morgan fingerprint density at radius 3 is 2.70 bits per heavy atom. The Morgan fingerprint density at radius 1 is 1.10 bits per heavy atom. The van der Waals surface area contributed by atoms with Crippen LogP contribution in [0.2, 0.25) is 0 Å². The minimum atomic E-state index is -0.244. The average Bonchev–Trinajstić information content (AvgIpc) is 3.11. The van der Waals surface area contributed by atoms with Gasteiger partial charge in [-0.25, -0.2) is 4.39 Å². The van der Waals surface area contributed by atoms with E-state index in [0.717, 1.165) is 23.6 Å². The lowest BCUT2D eigenvalue weighted by atomic mass is 10.2. The van der Waals surface area contributed by atoms with Gasteiger partial charge >= 0.3 is 0 Å². The zero-order chi connectivity index (χ0) is 13.8. The number of hydrogen-bond acceptors (Lipinski definition) is 4. The van der Waals surface area contributed by atoms with Crippen molar-refractivity contribution in [3.8, 4) is 11.3 Å². The van der Waals surface area contributed by atoms with Gasteiger partial charge in [-0.3, -0.25) is 4.98 Å². The van der Waals surface area contributed by atoms with Crippen LogP contribution in [0.5, 0.6) is 0 Å². The molecule has 0 aliphatic heterocycles. The molecular formula is C15H13FN2OS. The maximum Gasteiger partial charge on any atom is 0.134 e. The number of halogens is 1. The topological polar surface area (TPSA) is 38.1 Å². The van der Waals surface area contributed by atoms with Crippen LogP contribution >= 0.6 is 11.3 Å². The monoisotopic (exact) mass is 288 g/mol. The van der Waals surface area contributed by atoms with Gasteiger partial charge in [0.2, 0.25) is 0 Å². The first-order valence-electron chi connectivity index (χ1n) is 6.24. The summed E-state index contributed by atoms with van der Waals surface area (Å²) in [5.74, 6) is 1.36. The van der Waals surface area contributed by atoms with E-state index in [0.29, 0.717) is 6.54 Å². The summed E-state index contributed by atoms with van der Waals surface area (Å²) in [6, 6.07) is 10.1. The van der Waals surface area contributed by atoms with Crippen LogP contribution < -0.4 is 5.32 Å². The third kappa shape index (κ3) is 3.12. The molecule has 0 unspecified atom stereocenters. The molecule has 0 aliphatic carbocycles. The van der Waals surface area contributed by atoms with Crippen molar-refractivity contribution in [3.05, 3.63) is 64.6 Å². The van der Waals surface area contributed by atoms with E-state index in [9.17, 15) is 4.39 Å². The molecule has 3 aromatic rings. The first kappa shape index (κ1) is 13.0. The molecule has 1 aromatic carbocycles. The summed E-state index contributed by atoms with van der Waals surface area (Å²) >= 11 is 1.62. The summed E-state index contributed by atoms with van der Waals surface area (Å²) in [5.41, 5.74) is 2.69. The molecule has 0 radical (unpaired) electrons. The van der Waals surface area contributed by atoms with E-state index in [1.54, 1.807) is 23.5 Å². The van der Waals surface area contributed by atoms with Crippen molar-refractivity contribution in [3.63, 3.8) is 0 Å². The van der Waals surface area contributed by atoms with Crippen molar-refractivity contribution in [1.82, 2.24) is 10.3 Å². The van der Waals surface area contributed by atoms with E-state index >= 15 is 0 Å². The Labute approximate surface area is 120 Å². The van der Waals surface area contributed by atoms with Gasteiger partial charge in [-0.05, 0) is 36.4 Å². The Hall–Kier alpha value is -1.98. The van der Waals surface area contributed by atoms with Crippen LogP contribution in [0.1, 0.15) is 10.6 Å². The number of aromatic nitrogens is 1. The van der Waals surface area contributed by atoms with Crippen molar-refractivity contribution in [1.29, 1.82) is 0 Å². The number of furan rings is 1. The van der Waals surface area contributed by atoms with Crippen LogP contribution in [-0.4, -0.2) is 4.98 Å². The fourth-order valence-corrected chi connectivity index (χ4v) is 2.44. The van der Waals surface area contributed by atoms with Crippen molar-refractivity contribution in [2.24, 2.45) is 0 Å². The largest absolute Gasteiger partial charge is 0.460 e. The summed E-state index contributed by atoms with van der Waals surface area (Å²) < 4.78 is 18.6. The highest BCUT2D eigenvalue weighted by atomic mass is 32.1. The number of thiazole rings is 1. The number of benzene rings is 1. The van der Waals surface area contributed by atoms with E-state index in [2.05, 4.69) is 10.3 Å². The fraction of sp³-hybridized carbons (Fsp3) is 0.133. The molecule has 0 saturated carbocycles. The molecule has 3 rings (SSSR count). The lowest BCUT2D eigenvalue weighted by Gasteiger charge is -2.00. The van der Waals surface area contributed by atoms with Crippen molar-refractivity contribution in [2.75, 3.05) is 0 Å². The summed E-state index contributed by atoms with van der Waals surface area (Å²) in [6.07, 6.45) is 1.85. The first-order valence-corrected chi connectivity index (χ1v) is 7.12. The van der Waals surface area contributed by atoms with Crippen molar-refractivity contribution in [2.45, 2.75) is 13.1 Å². The molecule has 2 aromatic heterocycles. The molecule has 0 atom stereocenters. The number of rotatable bonds is 5. The second kappa shape index (κ2) is 5.98. The van der Waals surface area contributed by atoms with E-state index in [1.165, 1.54) is 17.0 Å². The Kier molecular flexibility index (Phi) is 3.90. The van der Waals surface area contributed by atoms with Crippen LogP contribution in [0, 0.1) is 5.82 Å². The van der Waals surface area contributed by atoms with Gasteiger partial charge < -0.3 is 9.73 Å². The minimum absolute atomic E-state index is 0.244. The molecule has 3 nitrogen and oxygen atoms in total. The van der Waals surface area contributed by atoms with Crippen LogP contribution in [0.25, 0.3) is 11.3 Å². The van der Waals surface area contributed by atoms with E-state index < -0.39 is 0 Å². The molecule has 0 spiro atoms. The predicted octanol–water partition coefficient (Wildman–Crippen LogP) is 3.83. The number of nitrogens with zero attached hydrogens (tertiary/aromatic N) is 1. The predicted molar refractivity (Wildman–Crippen MR) is 76.8 cm³/mol. The second-order valence-electron chi connectivity index (χ2n) is 4.34. The Morgan fingerprint density at radius 2 is 1.95 bits per heavy atom. The summed E-state index contributed by atoms with van der Waals surface area (Å²) in [6.45, 7) is 1.43. The molecule has 0 aliphatic rings. The van der Waals surface area contributed by atoms with Gasteiger partial charge in [-0.1, -0.05) is 0 Å². The molecule has 0 bridgehead atoms. The van der Waals surface area contributed by atoms with Gasteiger partial charge in [0, 0.05) is 23.2 Å². The Balaban J connectivity index is 1.60. The normalized spacial score (nSPS) is 10.8. The van der Waals surface area contributed by atoms with Gasteiger partial charge in [0.1, 0.15) is 17.3 Å². The summed E-state index contributed by atoms with van der Waals surface area (Å²) in [7, 11) is 0. The van der Waals surface area contributed by atoms with E-state index in [1.807, 2.05) is 23.8 Å². The van der Waals surface area contributed by atoms with Gasteiger partial charge in [0.05, 0.1) is 12.1 Å². The molecule has 5 heteroatoms. The Bertz CT molecular complexity index is 662. The first-order chi connectivity index (χ1) is 9.81. The van der Waals surface area contributed by atoms with Crippen molar-refractivity contribution >= 4 is 11.3 Å². The second-order valence-corrected chi connectivity index (χ2v) is 5.32. The summed E-state index contributed by atoms with van der Waals surface area (Å²) in [5, 5.41) is 3.29. The van der Waals surface area contributed by atoms with Crippen LogP contribution in [0.4, 0.5) is 4.39 Å². The molecule has 20 heavy (non-hydrogen) atoms. The average molecular weight is 288 g/mol. The lowest BCUT2D eigenvalue weighted by Crippen LogP contribution is -2.10. The number of nitrogens with one attached hydrogen (secondary N) is 1. The molecular weight excluding hydrogens is 275 g/mol. The van der Waals surface area contributed by atoms with Crippen LogP contribution in [-0.2, 0) is 13.1 Å². The zero-order valence-electron chi connectivity index (χ0n) is 10.7. The number of hydrogen-bond donors (Lipinski definition) is 1. The van der Waals surface area contributed by atoms with Crippen LogP contribution in [0.15, 0.2) is 52.5 Å². The third-order valence-electron chi connectivity index (χ3n) is 2.87. The highest BCUT2D eigenvalue weighted by molar-refractivity contribution is 7.09. The van der Waals surface area contributed by atoms with Crippen molar-refractivity contribution < 1.29 is 8.81 Å². The van der Waals surface area contributed by atoms with Gasteiger partial charge in [0.25, 0.3) is 0 Å². The molecule has 2 heterocycles. The highest BCUT2D eigenvalue weighted by Gasteiger charge is 2.05. The highest BCUT2D eigenvalue weighted by Crippen LogP contribution is 2.22. The van der Waals surface area contributed by atoms with E-state index in [-0.39, 0.29) is 5.82 Å². The SMILES string of the molecule is Fc1ccc(-c2ccc(CNCc3cncs3)o2)cc1. The minimum Gasteiger partial charge on any atom is -0.460 e. The summed E-state index contributed by atoms with van der Waals surface area (Å²) in [4.78, 5) is 5.21. The molecule has 1 N–H and O–H groups in total. The maximum atomic E-state index is 12.9. The molecule has 0 fully saturated rings. The van der Waals surface area contributed by atoms with E-state index in [4.69, 9.17) is 4.42 Å². The smallest absolute Gasteiger partial charge is 0.134 e. The zero-order valence-corrected chi connectivity index (χ0v) is 11.5. The quantitative estimate of drug-likeness (QED) is 0.775. The third-order valence-corrected chi connectivity index (χ3v) is 3.65. The molecule has 0 amide bonds. The standard InChI is InChI=1S/C15H13FN2OS/c16-12-3-1-11(2-4-12)15-6-5-13(19-15)7-17-8-14-9-18-10-20-14/h1-6,9-10,17H,7-8H2. The molecule has 102 valence electrons. The van der Waals surface area contributed by atoms with Gasteiger partial charge in [-0.15, -0.1) is 11.3 Å². The van der Waals surface area contributed by atoms with Gasteiger partial charge in [-0.2, -0.15) is 0 Å². The molecule has 0 saturated heterocycles.